The molecule has 0 fully saturated rings. The van der Waals surface area contributed by atoms with E-state index in [2.05, 4.69) is 21.4 Å². The zero-order valence-electron chi connectivity index (χ0n) is 14.2. The summed E-state index contributed by atoms with van der Waals surface area (Å²) in [6.45, 7) is 8.19. The maximum Gasteiger partial charge on any atom is 0.534 e. The smallest absolute Gasteiger partial charge is 0.488 e. The van der Waals surface area contributed by atoms with Gasteiger partial charge in [0.15, 0.2) is 5.75 Å². The predicted molar refractivity (Wildman–Crippen MR) is 84.0 cm³/mol. The van der Waals surface area contributed by atoms with Gasteiger partial charge in [-0.05, 0) is 27.7 Å². The summed E-state index contributed by atoms with van der Waals surface area (Å²) in [6.07, 6.45) is 0.0206. The van der Waals surface area contributed by atoms with Crippen LogP contribution in [0.3, 0.4) is 0 Å². The Morgan fingerprint density at radius 3 is 2.42 bits per heavy atom. The van der Waals surface area contributed by atoms with Crippen LogP contribution in [-0.2, 0) is 14.9 Å². The lowest BCUT2D eigenvalue weighted by Gasteiger charge is -2.19. The number of rotatable bonds is 6. The largest absolute Gasteiger partial charge is 0.534 e. The van der Waals surface area contributed by atoms with Gasteiger partial charge < -0.3 is 19.0 Å². The number of carbonyl (C=O) groups excluding carboxylic acids is 1. The fourth-order valence-corrected chi connectivity index (χ4v) is 1.89. The van der Waals surface area contributed by atoms with E-state index in [1.165, 1.54) is 0 Å². The molecule has 12 heteroatoms. The number of halogens is 3. The molecule has 1 aromatic heterocycles. The lowest BCUT2D eigenvalue weighted by atomic mass is 10.2. The number of alkyl carbamates (subject to hydrolysis) is 1. The molecule has 1 rings (SSSR count). The van der Waals surface area contributed by atoms with Crippen molar-refractivity contribution in [3.63, 3.8) is 0 Å². The second-order valence-electron chi connectivity index (χ2n) is 5.88. The number of aromatic nitrogens is 1. The first-order valence-corrected chi connectivity index (χ1v) is 8.54. The molecule has 0 atom stereocenters. The molecule has 0 unspecified atom stereocenters. The van der Waals surface area contributed by atoms with Crippen LogP contribution in [-0.4, -0.2) is 43.8 Å². The van der Waals surface area contributed by atoms with Crippen molar-refractivity contribution in [2.24, 2.45) is 0 Å². The van der Waals surface area contributed by atoms with Gasteiger partial charge >= 0.3 is 21.7 Å². The lowest BCUT2D eigenvalue weighted by molar-refractivity contribution is -0.0500. The van der Waals surface area contributed by atoms with E-state index in [1.54, 1.807) is 20.8 Å². The minimum Gasteiger partial charge on any atom is -0.488 e. The van der Waals surface area contributed by atoms with Gasteiger partial charge in [-0.3, -0.25) is 4.98 Å². The Bertz CT molecular complexity index is 744. The van der Waals surface area contributed by atoms with E-state index in [9.17, 15) is 26.4 Å². The van der Waals surface area contributed by atoms with E-state index in [0.717, 1.165) is 12.3 Å². The number of ether oxygens (including phenoxy) is 2. The number of alkyl halides is 3. The molecule has 0 spiro atoms. The molecule has 1 heterocycles. The van der Waals surface area contributed by atoms with Crippen LogP contribution >= 0.6 is 0 Å². The Morgan fingerprint density at radius 2 is 1.88 bits per heavy atom. The van der Waals surface area contributed by atoms with Crippen LogP contribution < -0.4 is 14.2 Å². The molecule has 0 saturated carbocycles. The standard InChI is InChI=1S/C14H18F3N2O6S/c1-9-7-10(23-6-5-18-12(20)24-13(2,3)4)11(8-19-9)25-26(21,22)14(15,16)17/h7-8H,1,5-6H2,2-4H3,(H,18,20). The number of amides is 1. The quantitative estimate of drug-likeness (QED) is 0.445. The molecule has 1 N–H and O–H groups in total. The number of nitrogens with zero attached hydrogens (tertiary/aromatic N) is 1. The van der Waals surface area contributed by atoms with Gasteiger partial charge in [-0.2, -0.15) is 21.6 Å². The summed E-state index contributed by atoms with van der Waals surface area (Å²) in [6, 6.07) is 1.09. The molecular formula is C14H18F3N2O6S. The Morgan fingerprint density at radius 1 is 1.27 bits per heavy atom. The van der Waals surface area contributed by atoms with Crippen molar-refractivity contribution in [1.82, 2.24) is 10.3 Å². The third-order valence-electron chi connectivity index (χ3n) is 2.40. The number of hydrogen-bond donors (Lipinski definition) is 1. The maximum absolute atomic E-state index is 12.4. The van der Waals surface area contributed by atoms with E-state index >= 15 is 0 Å². The molecule has 1 aromatic rings. The minimum atomic E-state index is -5.88. The Hall–Kier alpha value is -2.24. The highest BCUT2D eigenvalue weighted by Gasteiger charge is 2.49. The third kappa shape index (κ3) is 6.94. The summed E-state index contributed by atoms with van der Waals surface area (Å²) in [5.41, 5.74) is -6.20. The van der Waals surface area contributed by atoms with Crippen molar-refractivity contribution in [2.75, 3.05) is 13.2 Å². The molecule has 0 aliphatic rings. The number of hydrogen-bond acceptors (Lipinski definition) is 7. The van der Waals surface area contributed by atoms with Crippen LogP contribution in [0.25, 0.3) is 0 Å². The van der Waals surface area contributed by atoms with Gasteiger partial charge in [-0.1, -0.05) is 0 Å². The van der Waals surface area contributed by atoms with E-state index in [4.69, 9.17) is 9.47 Å². The van der Waals surface area contributed by atoms with Gasteiger partial charge in [0.1, 0.15) is 12.2 Å². The molecule has 0 bridgehead atoms. The first kappa shape index (κ1) is 21.8. The Kier molecular flexibility index (Phi) is 6.69. The summed E-state index contributed by atoms with van der Waals surface area (Å²) >= 11 is 0. The highest BCUT2D eigenvalue weighted by molar-refractivity contribution is 7.88. The third-order valence-corrected chi connectivity index (χ3v) is 3.36. The molecule has 1 radical (unpaired) electrons. The van der Waals surface area contributed by atoms with Crippen molar-refractivity contribution in [2.45, 2.75) is 31.9 Å². The molecule has 0 aliphatic carbocycles. The van der Waals surface area contributed by atoms with Gasteiger partial charge in [0.2, 0.25) is 5.75 Å². The van der Waals surface area contributed by atoms with Crippen molar-refractivity contribution in [1.29, 1.82) is 0 Å². The van der Waals surface area contributed by atoms with Gasteiger partial charge in [-0.25, -0.2) is 4.79 Å². The Labute approximate surface area is 148 Å². The maximum atomic E-state index is 12.4. The monoisotopic (exact) mass is 399 g/mol. The summed E-state index contributed by atoms with van der Waals surface area (Å²) in [7, 11) is -5.88. The van der Waals surface area contributed by atoms with Gasteiger partial charge in [0.05, 0.1) is 12.7 Å². The van der Waals surface area contributed by atoms with Gasteiger partial charge in [0, 0.05) is 11.8 Å². The van der Waals surface area contributed by atoms with Crippen molar-refractivity contribution in [3.8, 4) is 11.5 Å². The lowest BCUT2D eigenvalue weighted by Crippen LogP contribution is -2.34. The minimum absolute atomic E-state index is 0.0603. The van der Waals surface area contributed by atoms with E-state index in [0.29, 0.717) is 0 Å². The number of nitrogens with one attached hydrogen (secondary N) is 1. The first-order valence-electron chi connectivity index (χ1n) is 7.14. The topological polar surface area (TPSA) is 104 Å². The SMILES string of the molecule is [CH2]c1cc(OCCNC(=O)OC(C)(C)C)c(OS(=O)(=O)C(F)(F)F)cn1. The van der Waals surface area contributed by atoms with E-state index in [-0.39, 0.29) is 24.6 Å². The summed E-state index contributed by atoms with van der Waals surface area (Å²) in [5.74, 6) is -1.09. The summed E-state index contributed by atoms with van der Waals surface area (Å²) in [4.78, 5) is 15.0. The normalized spacial score (nSPS) is 12.4. The average molecular weight is 399 g/mol. The van der Waals surface area contributed by atoms with Crippen molar-refractivity contribution < 1.29 is 40.0 Å². The van der Waals surface area contributed by atoms with Crippen LogP contribution in [0.1, 0.15) is 26.5 Å². The van der Waals surface area contributed by atoms with E-state index in [1.807, 2.05) is 0 Å². The van der Waals surface area contributed by atoms with Crippen molar-refractivity contribution in [3.05, 3.63) is 24.9 Å². The number of carbonyl (C=O) groups is 1. The zero-order valence-corrected chi connectivity index (χ0v) is 15.0. The molecule has 26 heavy (non-hydrogen) atoms. The van der Waals surface area contributed by atoms with Crippen LogP contribution in [0.5, 0.6) is 11.5 Å². The highest BCUT2D eigenvalue weighted by Crippen LogP contribution is 2.32. The Balaban J connectivity index is 2.73. The second kappa shape index (κ2) is 7.98. The molecule has 0 aliphatic heterocycles. The van der Waals surface area contributed by atoms with E-state index < -0.39 is 33.1 Å². The highest BCUT2D eigenvalue weighted by atomic mass is 32.2. The molecule has 8 nitrogen and oxygen atoms in total. The molecular weight excluding hydrogens is 381 g/mol. The first-order chi connectivity index (χ1) is 11.7. The summed E-state index contributed by atoms with van der Waals surface area (Å²) < 4.78 is 73.6. The van der Waals surface area contributed by atoms with Crippen LogP contribution in [0.15, 0.2) is 12.3 Å². The predicted octanol–water partition coefficient (Wildman–Crippen LogP) is 2.40. The number of pyridine rings is 1. The van der Waals surface area contributed by atoms with Crippen LogP contribution in [0.2, 0.25) is 0 Å². The fourth-order valence-electron chi connectivity index (χ4n) is 1.43. The molecule has 147 valence electrons. The van der Waals surface area contributed by atoms with Crippen molar-refractivity contribution >= 4 is 16.2 Å². The molecule has 1 amide bonds. The van der Waals surface area contributed by atoms with Gasteiger partial charge in [0.25, 0.3) is 0 Å². The average Bonchev–Trinajstić information content (AvgIpc) is 2.43. The molecule has 0 saturated heterocycles. The molecule has 0 aromatic carbocycles. The van der Waals surface area contributed by atoms with Crippen LogP contribution in [0.4, 0.5) is 18.0 Å². The van der Waals surface area contributed by atoms with Gasteiger partial charge in [-0.15, -0.1) is 0 Å². The second-order valence-corrected chi connectivity index (χ2v) is 7.42. The summed E-state index contributed by atoms with van der Waals surface area (Å²) in [5, 5.41) is 2.36. The van der Waals surface area contributed by atoms with Crippen LogP contribution in [0, 0.1) is 6.92 Å². The zero-order chi connectivity index (χ0) is 20.2. The fraction of sp³-hybridized carbons (Fsp3) is 0.500.